The van der Waals surface area contributed by atoms with Crippen LogP contribution in [-0.2, 0) is 9.53 Å². The van der Waals surface area contributed by atoms with Crippen LogP contribution in [0.1, 0.15) is 11.1 Å². The van der Waals surface area contributed by atoms with E-state index in [0.717, 1.165) is 0 Å². The molecule has 138 valence electrons. The third-order valence-electron chi connectivity index (χ3n) is 3.73. The Morgan fingerprint density at radius 2 is 1.89 bits per heavy atom. The van der Waals surface area contributed by atoms with Crippen molar-refractivity contribution in [1.82, 2.24) is 0 Å². The Labute approximate surface area is 158 Å². The Balaban J connectivity index is 1.95. The average molecular weight is 389 g/mol. The lowest BCUT2D eigenvalue weighted by Crippen LogP contribution is -2.06. The Kier molecular flexibility index (Phi) is 5.09. The van der Waals surface area contributed by atoms with Gasteiger partial charge in [-0.25, -0.2) is 9.79 Å². The maximum Gasteiger partial charge on any atom is 0.363 e. The van der Waals surface area contributed by atoms with E-state index < -0.39 is 10.9 Å². The maximum atomic E-state index is 12.1. The number of rotatable bonds is 5. The number of benzene rings is 2. The molecule has 1 aliphatic heterocycles. The van der Waals surface area contributed by atoms with Crippen LogP contribution in [0.3, 0.4) is 0 Å². The normalized spacial score (nSPS) is 14.7. The van der Waals surface area contributed by atoms with Gasteiger partial charge in [-0.3, -0.25) is 10.1 Å². The van der Waals surface area contributed by atoms with E-state index in [1.165, 1.54) is 38.5 Å². The van der Waals surface area contributed by atoms with Crippen molar-refractivity contribution in [1.29, 1.82) is 0 Å². The molecule has 2 aromatic carbocycles. The number of aliphatic imine (C=N–C) groups is 1. The van der Waals surface area contributed by atoms with Crippen LogP contribution in [0, 0.1) is 10.1 Å². The second-order valence-corrected chi connectivity index (χ2v) is 5.78. The third kappa shape index (κ3) is 3.75. The molecule has 1 aliphatic rings. The minimum Gasteiger partial charge on any atom is -0.493 e. The van der Waals surface area contributed by atoms with Crippen LogP contribution in [0.5, 0.6) is 11.5 Å². The summed E-state index contributed by atoms with van der Waals surface area (Å²) in [4.78, 5) is 26.5. The monoisotopic (exact) mass is 388 g/mol. The van der Waals surface area contributed by atoms with Gasteiger partial charge in [-0.1, -0.05) is 17.7 Å². The van der Waals surface area contributed by atoms with E-state index in [2.05, 4.69) is 4.99 Å². The molecule has 2 aromatic rings. The fraction of sp³-hybridized carbons (Fsp3) is 0.111. The third-order valence-corrected chi connectivity index (χ3v) is 4.04. The Bertz CT molecular complexity index is 999. The van der Waals surface area contributed by atoms with Gasteiger partial charge in [-0.05, 0) is 29.8 Å². The van der Waals surface area contributed by atoms with E-state index in [4.69, 9.17) is 25.8 Å². The Morgan fingerprint density at radius 3 is 2.52 bits per heavy atom. The van der Waals surface area contributed by atoms with Crippen molar-refractivity contribution in [2.75, 3.05) is 14.2 Å². The summed E-state index contributed by atoms with van der Waals surface area (Å²) < 4.78 is 15.5. The highest BCUT2D eigenvalue weighted by atomic mass is 35.5. The predicted molar refractivity (Wildman–Crippen MR) is 98.3 cm³/mol. The zero-order valence-electron chi connectivity index (χ0n) is 14.3. The quantitative estimate of drug-likeness (QED) is 0.335. The zero-order chi connectivity index (χ0) is 19.6. The molecule has 0 atom stereocenters. The van der Waals surface area contributed by atoms with E-state index in [1.807, 2.05) is 0 Å². The first-order chi connectivity index (χ1) is 12.9. The number of ether oxygens (including phenoxy) is 3. The predicted octanol–water partition coefficient (Wildman–Crippen LogP) is 3.61. The second kappa shape index (κ2) is 7.46. The van der Waals surface area contributed by atoms with Gasteiger partial charge in [0.2, 0.25) is 5.90 Å². The molecule has 0 unspecified atom stereocenters. The van der Waals surface area contributed by atoms with Crippen LogP contribution in [-0.4, -0.2) is 31.0 Å². The number of nitrogens with zero attached hydrogens (tertiary/aromatic N) is 2. The number of non-ortho nitro benzene ring substituents is 1. The molecule has 27 heavy (non-hydrogen) atoms. The van der Waals surface area contributed by atoms with Crippen LogP contribution < -0.4 is 9.47 Å². The number of carbonyl (C=O) groups is 1. The van der Waals surface area contributed by atoms with Crippen molar-refractivity contribution in [3.8, 4) is 11.5 Å². The molecular formula is C18H13ClN2O6. The summed E-state index contributed by atoms with van der Waals surface area (Å²) >= 11 is 6.06. The number of esters is 1. The molecule has 9 heteroatoms. The van der Waals surface area contributed by atoms with Crippen molar-refractivity contribution in [3.63, 3.8) is 0 Å². The first kappa shape index (κ1) is 18.4. The van der Waals surface area contributed by atoms with Crippen molar-refractivity contribution in [2.45, 2.75) is 0 Å². The molecule has 8 nitrogen and oxygen atoms in total. The molecule has 0 spiro atoms. The largest absolute Gasteiger partial charge is 0.493 e. The lowest BCUT2D eigenvalue weighted by Gasteiger charge is -2.07. The average Bonchev–Trinajstić information content (AvgIpc) is 3.01. The SMILES string of the molecule is COc1ccc(/C=C2/N=C(c3ccc([N+](=O)[O-])cc3Cl)OC2=O)cc1OC. The summed E-state index contributed by atoms with van der Waals surface area (Å²) in [5, 5.41) is 10.9. The van der Waals surface area contributed by atoms with Crippen LogP contribution in [0.4, 0.5) is 5.69 Å². The van der Waals surface area contributed by atoms with Crippen LogP contribution in [0.25, 0.3) is 6.08 Å². The molecule has 0 saturated heterocycles. The minimum absolute atomic E-state index is 0.0216. The molecule has 0 amide bonds. The molecule has 0 bridgehead atoms. The summed E-state index contributed by atoms with van der Waals surface area (Å²) in [6, 6.07) is 8.92. The molecule has 1 heterocycles. The maximum absolute atomic E-state index is 12.1. The van der Waals surface area contributed by atoms with Gasteiger partial charge in [-0.2, -0.15) is 0 Å². The topological polar surface area (TPSA) is 100 Å². The van der Waals surface area contributed by atoms with Gasteiger partial charge in [-0.15, -0.1) is 0 Å². The number of hydrogen-bond donors (Lipinski definition) is 0. The number of nitro benzene ring substituents is 1. The number of methoxy groups -OCH3 is 2. The van der Waals surface area contributed by atoms with Gasteiger partial charge in [0.15, 0.2) is 17.2 Å². The summed E-state index contributed by atoms with van der Waals surface area (Å²) in [7, 11) is 3.03. The first-order valence-corrected chi connectivity index (χ1v) is 7.99. The fourth-order valence-corrected chi connectivity index (χ4v) is 2.67. The number of hydrogen-bond acceptors (Lipinski definition) is 7. The lowest BCUT2D eigenvalue weighted by atomic mass is 10.1. The van der Waals surface area contributed by atoms with Gasteiger partial charge < -0.3 is 14.2 Å². The van der Waals surface area contributed by atoms with Crippen molar-refractivity contribution < 1.29 is 23.9 Å². The molecule has 0 saturated carbocycles. The number of carbonyl (C=O) groups excluding carboxylic acids is 1. The summed E-state index contributed by atoms with van der Waals surface area (Å²) in [5.74, 6) is 0.372. The summed E-state index contributed by atoms with van der Waals surface area (Å²) in [6.07, 6.45) is 1.52. The minimum atomic E-state index is -0.658. The van der Waals surface area contributed by atoms with Crippen LogP contribution in [0.15, 0.2) is 47.1 Å². The molecule has 0 N–H and O–H groups in total. The molecular weight excluding hydrogens is 376 g/mol. The van der Waals surface area contributed by atoms with E-state index in [0.29, 0.717) is 17.1 Å². The fourth-order valence-electron chi connectivity index (χ4n) is 2.42. The van der Waals surface area contributed by atoms with Gasteiger partial charge >= 0.3 is 5.97 Å². The highest BCUT2D eigenvalue weighted by molar-refractivity contribution is 6.34. The van der Waals surface area contributed by atoms with E-state index in [1.54, 1.807) is 18.2 Å². The van der Waals surface area contributed by atoms with Gasteiger partial charge in [0.05, 0.1) is 29.7 Å². The van der Waals surface area contributed by atoms with Gasteiger partial charge in [0, 0.05) is 12.1 Å². The Morgan fingerprint density at radius 1 is 1.15 bits per heavy atom. The molecule has 3 rings (SSSR count). The van der Waals surface area contributed by atoms with E-state index in [-0.39, 0.29) is 27.9 Å². The van der Waals surface area contributed by atoms with Crippen LogP contribution in [0.2, 0.25) is 5.02 Å². The zero-order valence-corrected chi connectivity index (χ0v) is 15.0. The Hall–Kier alpha value is -3.39. The van der Waals surface area contributed by atoms with Crippen molar-refractivity contribution in [3.05, 3.63) is 68.4 Å². The number of halogens is 1. The van der Waals surface area contributed by atoms with Crippen molar-refractivity contribution >= 4 is 35.2 Å². The highest BCUT2D eigenvalue weighted by Gasteiger charge is 2.26. The molecule has 0 aliphatic carbocycles. The standard InChI is InChI=1S/C18H13ClN2O6/c1-25-15-6-3-10(8-16(15)26-2)7-14-18(22)27-17(20-14)12-5-4-11(21(23)24)9-13(12)19/h3-9H,1-2H3/b14-7+. The van der Waals surface area contributed by atoms with Crippen LogP contribution >= 0.6 is 11.6 Å². The van der Waals surface area contributed by atoms with Gasteiger partial charge in [0.1, 0.15) is 0 Å². The summed E-state index contributed by atoms with van der Waals surface area (Å²) in [5.41, 5.74) is 0.826. The summed E-state index contributed by atoms with van der Waals surface area (Å²) in [6.45, 7) is 0. The highest BCUT2D eigenvalue weighted by Crippen LogP contribution is 2.30. The second-order valence-electron chi connectivity index (χ2n) is 5.37. The van der Waals surface area contributed by atoms with Gasteiger partial charge in [0.25, 0.3) is 5.69 Å². The number of cyclic esters (lactones) is 1. The molecule has 0 fully saturated rings. The number of nitro groups is 1. The van der Waals surface area contributed by atoms with E-state index >= 15 is 0 Å². The molecule has 0 radical (unpaired) electrons. The van der Waals surface area contributed by atoms with Crippen molar-refractivity contribution in [2.24, 2.45) is 4.99 Å². The smallest absolute Gasteiger partial charge is 0.363 e. The first-order valence-electron chi connectivity index (χ1n) is 7.62. The lowest BCUT2D eigenvalue weighted by molar-refractivity contribution is -0.384. The van der Waals surface area contributed by atoms with E-state index in [9.17, 15) is 14.9 Å². The molecule has 0 aromatic heterocycles.